The normalized spacial score (nSPS) is 24.9. The SMILES string of the molecule is Cc1ccc(Cl)cc1N1CCN(C(=O)CCC2(C3CCC3)NC(=O)NC2=O)CC1. The fraction of sp³-hybridized carbons (Fsp3) is 0.571. The van der Waals surface area contributed by atoms with E-state index >= 15 is 0 Å². The molecular weight excluding hydrogens is 392 g/mol. The van der Waals surface area contributed by atoms with Gasteiger partial charge < -0.3 is 15.1 Å². The van der Waals surface area contributed by atoms with Crippen molar-refractivity contribution in [3.05, 3.63) is 28.8 Å². The molecule has 0 spiro atoms. The lowest BCUT2D eigenvalue weighted by atomic mass is 9.68. The van der Waals surface area contributed by atoms with E-state index < -0.39 is 11.6 Å². The molecule has 0 aromatic heterocycles. The second-order valence-corrected chi connectivity index (χ2v) is 8.74. The molecular formula is C21H27ClN4O3. The van der Waals surface area contributed by atoms with E-state index in [1.807, 2.05) is 23.1 Å². The minimum Gasteiger partial charge on any atom is -0.368 e. The second-order valence-electron chi connectivity index (χ2n) is 8.31. The number of urea groups is 1. The summed E-state index contributed by atoms with van der Waals surface area (Å²) in [6, 6.07) is 5.42. The van der Waals surface area contributed by atoms with Gasteiger partial charge in [0.1, 0.15) is 5.54 Å². The number of carbonyl (C=O) groups excluding carboxylic acids is 3. The molecule has 7 nitrogen and oxygen atoms in total. The van der Waals surface area contributed by atoms with Gasteiger partial charge >= 0.3 is 6.03 Å². The molecule has 1 saturated carbocycles. The zero-order valence-electron chi connectivity index (χ0n) is 16.7. The van der Waals surface area contributed by atoms with E-state index in [0.29, 0.717) is 24.5 Å². The van der Waals surface area contributed by atoms with Crippen molar-refractivity contribution in [3.8, 4) is 0 Å². The molecule has 3 fully saturated rings. The van der Waals surface area contributed by atoms with E-state index in [0.717, 1.165) is 38.0 Å². The molecule has 3 aliphatic rings. The number of aryl methyl sites for hydroxylation is 1. The van der Waals surface area contributed by atoms with E-state index in [1.54, 1.807) is 0 Å². The predicted molar refractivity (Wildman–Crippen MR) is 111 cm³/mol. The first kappa shape index (κ1) is 20.0. The fourth-order valence-corrected chi connectivity index (χ4v) is 4.82. The maximum Gasteiger partial charge on any atom is 0.322 e. The average Bonchev–Trinajstić information content (AvgIpc) is 2.94. The van der Waals surface area contributed by atoms with Crippen LogP contribution in [0.15, 0.2) is 18.2 Å². The first-order valence-corrected chi connectivity index (χ1v) is 10.7. The zero-order chi connectivity index (χ0) is 20.6. The first-order chi connectivity index (χ1) is 13.9. The quantitative estimate of drug-likeness (QED) is 0.719. The number of nitrogens with zero attached hydrogens (tertiary/aromatic N) is 2. The molecule has 4 rings (SSSR count). The van der Waals surface area contributed by atoms with Gasteiger partial charge in [-0.15, -0.1) is 0 Å². The summed E-state index contributed by atoms with van der Waals surface area (Å²) in [5.74, 6) is -0.106. The third-order valence-corrected chi connectivity index (χ3v) is 6.88. The van der Waals surface area contributed by atoms with Gasteiger partial charge in [0, 0.05) is 43.3 Å². The van der Waals surface area contributed by atoms with Crippen LogP contribution in [0.4, 0.5) is 10.5 Å². The molecule has 0 bridgehead atoms. The molecule has 2 saturated heterocycles. The Labute approximate surface area is 175 Å². The molecule has 1 aromatic rings. The summed E-state index contributed by atoms with van der Waals surface area (Å²) in [4.78, 5) is 41.1. The minimum atomic E-state index is -0.912. The lowest BCUT2D eigenvalue weighted by Crippen LogP contribution is -2.56. The number of benzene rings is 1. The third kappa shape index (κ3) is 3.80. The van der Waals surface area contributed by atoms with E-state index in [9.17, 15) is 14.4 Å². The van der Waals surface area contributed by atoms with Gasteiger partial charge in [-0.05, 0) is 49.8 Å². The second kappa shape index (κ2) is 7.86. The molecule has 2 aliphatic heterocycles. The van der Waals surface area contributed by atoms with Crippen molar-refractivity contribution >= 4 is 35.1 Å². The molecule has 2 N–H and O–H groups in total. The summed E-state index contributed by atoms with van der Waals surface area (Å²) in [7, 11) is 0. The standard InChI is InChI=1S/C21H27ClN4O3/c1-14-5-6-16(22)13-17(14)25-9-11-26(12-10-25)18(27)7-8-21(15-3-2-4-15)19(28)23-20(29)24-21/h5-6,13,15H,2-4,7-12H2,1H3,(H2,23,24,28,29). The van der Waals surface area contributed by atoms with Crippen molar-refractivity contribution in [2.24, 2.45) is 5.92 Å². The highest BCUT2D eigenvalue weighted by Gasteiger charge is 2.53. The largest absolute Gasteiger partial charge is 0.368 e. The van der Waals surface area contributed by atoms with Gasteiger partial charge in [-0.3, -0.25) is 14.9 Å². The third-order valence-electron chi connectivity index (χ3n) is 6.65. The number of rotatable bonds is 5. The van der Waals surface area contributed by atoms with Crippen LogP contribution in [0.25, 0.3) is 0 Å². The maximum atomic E-state index is 12.8. The van der Waals surface area contributed by atoms with E-state index in [2.05, 4.69) is 22.5 Å². The number of anilines is 1. The minimum absolute atomic E-state index is 0.0418. The number of piperazine rings is 1. The van der Waals surface area contributed by atoms with Gasteiger partial charge in [0.2, 0.25) is 5.91 Å². The maximum absolute atomic E-state index is 12.8. The van der Waals surface area contributed by atoms with Gasteiger partial charge in [0.25, 0.3) is 5.91 Å². The zero-order valence-corrected chi connectivity index (χ0v) is 17.4. The van der Waals surface area contributed by atoms with Crippen LogP contribution >= 0.6 is 11.6 Å². The van der Waals surface area contributed by atoms with Gasteiger partial charge in [0.05, 0.1) is 0 Å². The highest BCUT2D eigenvalue weighted by Crippen LogP contribution is 2.40. The molecule has 1 atom stereocenters. The Morgan fingerprint density at radius 1 is 1.21 bits per heavy atom. The summed E-state index contributed by atoms with van der Waals surface area (Å²) in [6.45, 7) is 4.83. The van der Waals surface area contributed by atoms with Gasteiger partial charge in [-0.25, -0.2) is 4.79 Å². The Kier molecular flexibility index (Phi) is 5.42. The van der Waals surface area contributed by atoms with Crippen molar-refractivity contribution in [3.63, 3.8) is 0 Å². The highest BCUT2D eigenvalue weighted by molar-refractivity contribution is 6.30. The van der Waals surface area contributed by atoms with Crippen molar-refractivity contribution < 1.29 is 14.4 Å². The molecule has 4 amide bonds. The average molecular weight is 419 g/mol. The lowest BCUT2D eigenvalue weighted by molar-refractivity contribution is -0.133. The molecule has 156 valence electrons. The number of hydrogen-bond acceptors (Lipinski definition) is 4. The summed E-state index contributed by atoms with van der Waals surface area (Å²) in [5, 5.41) is 5.90. The Morgan fingerprint density at radius 3 is 2.52 bits per heavy atom. The number of halogens is 1. The van der Waals surface area contributed by atoms with Crippen molar-refractivity contribution in [2.75, 3.05) is 31.1 Å². The predicted octanol–water partition coefficient (Wildman–Crippen LogP) is 2.46. The van der Waals surface area contributed by atoms with Crippen LogP contribution in [0.3, 0.4) is 0 Å². The van der Waals surface area contributed by atoms with E-state index in [-0.39, 0.29) is 24.2 Å². The summed E-state index contributed by atoms with van der Waals surface area (Å²) in [6.07, 6.45) is 3.52. The molecule has 29 heavy (non-hydrogen) atoms. The lowest BCUT2D eigenvalue weighted by Gasteiger charge is -2.41. The first-order valence-electron chi connectivity index (χ1n) is 10.3. The van der Waals surface area contributed by atoms with Crippen molar-refractivity contribution in [1.29, 1.82) is 0 Å². The molecule has 1 aromatic carbocycles. The van der Waals surface area contributed by atoms with E-state index in [4.69, 9.17) is 11.6 Å². The number of nitrogens with one attached hydrogen (secondary N) is 2. The Balaban J connectivity index is 1.34. The van der Waals surface area contributed by atoms with Crippen molar-refractivity contribution in [1.82, 2.24) is 15.5 Å². The fourth-order valence-electron chi connectivity index (χ4n) is 4.66. The molecule has 1 unspecified atom stereocenters. The Morgan fingerprint density at radius 2 is 1.93 bits per heavy atom. The van der Waals surface area contributed by atoms with Crippen LogP contribution in [0.5, 0.6) is 0 Å². The molecule has 1 aliphatic carbocycles. The number of imide groups is 1. The van der Waals surface area contributed by atoms with Gasteiger partial charge in [0.15, 0.2) is 0 Å². The summed E-state index contributed by atoms with van der Waals surface area (Å²) in [5.41, 5.74) is 1.36. The molecule has 0 radical (unpaired) electrons. The summed E-state index contributed by atoms with van der Waals surface area (Å²) < 4.78 is 0. The summed E-state index contributed by atoms with van der Waals surface area (Å²) >= 11 is 6.14. The van der Waals surface area contributed by atoms with Gasteiger partial charge in [-0.2, -0.15) is 0 Å². The highest BCUT2D eigenvalue weighted by atomic mass is 35.5. The smallest absolute Gasteiger partial charge is 0.322 e. The van der Waals surface area contributed by atoms with Crippen LogP contribution in [-0.4, -0.2) is 54.5 Å². The number of carbonyl (C=O) groups is 3. The topological polar surface area (TPSA) is 81.8 Å². The van der Waals surface area contributed by atoms with Crippen LogP contribution < -0.4 is 15.5 Å². The van der Waals surface area contributed by atoms with E-state index in [1.165, 1.54) is 5.56 Å². The van der Waals surface area contributed by atoms with Crippen LogP contribution in [0, 0.1) is 12.8 Å². The van der Waals surface area contributed by atoms with Crippen LogP contribution in [0.1, 0.15) is 37.7 Å². The van der Waals surface area contributed by atoms with Gasteiger partial charge in [-0.1, -0.05) is 24.1 Å². The Bertz CT molecular complexity index is 833. The number of hydrogen-bond donors (Lipinski definition) is 2. The number of amides is 4. The molecule has 2 heterocycles. The van der Waals surface area contributed by atoms with Crippen molar-refractivity contribution in [2.45, 2.75) is 44.6 Å². The monoisotopic (exact) mass is 418 g/mol. The van der Waals surface area contributed by atoms with Crippen LogP contribution in [-0.2, 0) is 9.59 Å². The molecule has 8 heteroatoms. The van der Waals surface area contributed by atoms with Crippen LogP contribution in [0.2, 0.25) is 5.02 Å². The Hall–Kier alpha value is -2.28.